The Morgan fingerprint density at radius 3 is 2.00 bits per heavy atom. The summed E-state index contributed by atoms with van der Waals surface area (Å²) in [5.74, 6) is 0.873. The summed E-state index contributed by atoms with van der Waals surface area (Å²) in [6.07, 6.45) is 0.783. The van der Waals surface area contributed by atoms with E-state index in [-0.39, 0.29) is 11.5 Å². The van der Waals surface area contributed by atoms with E-state index in [4.69, 9.17) is 9.47 Å². The first-order valence-corrected chi connectivity index (χ1v) is 8.05. The molecule has 5 heteroatoms. The molecular formula is C21H16O5. The quantitative estimate of drug-likeness (QED) is 0.701. The number of rotatable bonds is 3. The number of phenolic OH excluding ortho intramolecular Hbond substituents is 2. The molecule has 3 aromatic rings. The Bertz CT molecular complexity index is 958. The Balaban J connectivity index is 2.13. The lowest BCUT2D eigenvalue weighted by Crippen LogP contribution is -2.35. The maximum atomic E-state index is 11.7. The van der Waals surface area contributed by atoms with Gasteiger partial charge >= 0.3 is 0 Å². The van der Waals surface area contributed by atoms with Gasteiger partial charge in [-0.05, 0) is 24.3 Å². The standard InChI is InChI=1S/C21H16O5/c1-25-21(16-5-3-2-4-13(16)12-22)17-8-6-14(23)10-19(17)26-20-11-15(24)7-9-18(20)21/h2-12,23-24H,1H3. The van der Waals surface area contributed by atoms with Crippen LogP contribution in [0.15, 0.2) is 60.7 Å². The van der Waals surface area contributed by atoms with Gasteiger partial charge in [-0.2, -0.15) is 0 Å². The summed E-state index contributed by atoms with van der Waals surface area (Å²) in [7, 11) is 1.56. The van der Waals surface area contributed by atoms with Crippen LogP contribution in [0.4, 0.5) is 0 Å². The molecule has 0 fully saturated rings. The van der Waals surface area contributed by atoms with Gasteiger partial charge in [-0.25, -0.2) is 0 Å². The first kappa shape index (κ1) is 16.2. The maximum Gasteiger partial charge on any atom is 0.151 e. The van der Waals surface area contributed by atoms with E-state index in [2.05, 4.69) is 0 Å². The van der Waals surface area contributed by atoms with Crippen LogP contribution in [0.25, 0.3) is 0 Å². The normalized spacial score (nSPS) is 14.0. The molecule has 0 unspecified atom stereocenters. The number of carbonyl (C=O) groups excluding carboxylic acids is 1. The fraction of sp³-hybridized carbons (Fsp3) is 0.0952. The minimum Gasteiger partial charge on any atom is -0.508 e. The van der Waals surface area contributed by atoms with Crippen LogP contribution in [0.5, 0.6) is 23.0 Å². The van der Waals surface area contributed by atoms with Crippen molar-refractivity contribution in [1.29, 1.82) is 0 Å². The summed E-state index contributed by atoms with van der Waals surface area (Å²) < 4.78 is 11.9. The Labute approximate surface area is 150 Å². The topological polar surface area (TPSA) is 76.0 Å². The highest BCUT2D eigenvalue weighted by Gasteiger charge is 2.45. The number of hydrogen-bond donors (Lipinski definition) is 2. The van der Waals surface area contributed by atoms with Gasteiger partial charge in [-0.15, -0.1) is 0 Å². The van der Waals surface area contributed by atoms with E-state index in [0.717, 1.165) is 6.29 Å². The minimum atomic E-state index is -1.12. The third-order valence-electron chi connectivity index (χ3n) is 4.68. The molecule has 1 aliphatic rings. The molecule has 26 heavy (non-hydrogen) atoms. The third-order valence-corrected chi connectivity index (χ3v) is 4.68. The zero-order chi connectivity index (χ0) is 18.3. The van der Waals surface area contributed by atoms with Gasteiger partial charge in [0.15, 0.2) is 5.60 Å². The number of aldehydes is 1. The number of carbonyl (C=O) groups is 1. The summed E-state index contributed by atoms with van der Waals surface area (Å²) in [6, 6.07) is 16.7. The van der Waals surface area contributed by atoms with E-state index in [9.17, 15) is 15.0 Å². The lowest BCUT2D eigenvalue weighted by molar-refractivity contribution is 0.0490. The van der Waals surface area contributed by atoms with Gasteiger partial charge in [-0.1, -0.05) is 24.3 Å². The first-order valence-electron chi connectivity index (χ1n) is 8.05. The Kier molecular flexibility index (Phi) is 3.67. The van der Waals surface area contributed by atoms with Gasteiger partial charge in [0.25, 0.3) is 0 Å². The molecule has 3 aromatic carbocycles. The molecule has 1 aliphatic heterocycles. The number of phenols is 2. The highest BCUT2D eigenvalue weighted by Crippen LogP contribution is 2.53. The first-order chi connectivity index (χ1) is 12.6. The van der Waals surface area contributed by atoms with Crippen LogP contribution in [0.2, 0.25) is 0 Å². The summed E-state index contributed by atoms with van der Waals surface area (Å²) in [5, 5.41) is 19.8. The third kappa shape index (κ3) is 2.18. The fourth-order valence-electron chi connectivity index (χ4n) is 3.58. The number of methoxy groups -OCH3 is 1. The number of aromatic hydroxyl groups is 2. The molecule has 0 saturated heterocycles. The van der Waals surface area contributed by atoms with Gasteiger partial charge in [-0.3, -0.25) is 4.79 Å². The average Bonchev–Trinajstić information content (AvgIpc) is 2.65. The van der Waals surface area contributed by atoms with Gasteiger partial charge < -0.3 is 19.7 Å². The largest absolute Gasteiger partial charge is 0.508 e. The summed E-state index contributed by atoms with van der Waals surface area (Å²) in [4.78, 5) is 11.7. The van der Waals surface area contributed by atoms with Crippen molar-refractivity contribution >= 4 is 6.29 Å². The smallest absolute Gasteiger partial charge is 0.151 e. The predicted octanol–water partition coefficient (Wildman–Crippen LogP) is 3.95. The molecule has 0 saturated carbocycles. The molecule has 5 nitrogen and oxygen atoms in total. The van der Waals surface area contributed by atoms with Crippen molar-refractivity contribution in [2.45, 2.75) is 5.60 Å². The second-order valence-electron chi connectivity index (χ2n) is 6.05. The highest BCUT2D eigenvalue weighted by molar-refractivity contribution is 5.80. The van der Waals surface area contributed by atoms with Crippen molar-refractivity contribution in [2.24, 2.45) is 0 Å². The molecule has 0 radical (unpaired) electrons. The summed E-state index contributed by atoms with van der Waals surface area (Å²) in [5.41, 5.74) is 1.33. The van der Waals surface area contributed by atoms with Crippen molar-refractivity contribution < 1.29 is 24.5 Å². The van der Waals surface area contributed by atoms with Crippen molar-refractivity contribution in [1.82, 2.24) is 0 Å². The van der Waals surface area contributed by atoms with Crippen molar-refractivity contribution in [3.05, 3.63) is 82.9 Å². The molecule has 0 spiro atoms. The van der Waals surface area contributed by atoms with Gasteiger partial charge in [0.05, 0.1) is 0 Å². The number of benzene rings is 3. The second-order valence-corrected chi connectivity index (χ2v) is 6.05. The van der Waals surface area contributed by atoms with E-state index < -0.39 is 5.60 Å². The van der Waals surface area contributed by atoms with Gasteiger partial charge in [0.1, 0.15) is 29.3 Å². The Morgan fingerprint density at radius 2 is 1.46 bits per heavy atom. The van der Waals surface area contributed by atoms with E-state index in [1.807, 2.05) is 12.1 Å². The zero-order valence-corrected chi connectivity index (χ0v) is 14.0. The van der Waals surface area contributed by atoms with Crippen LogP contribution in [0.3, 0.4) is 0 Å². The molecule has 2 N–H and O–H groups in total. The fourth-order valence-corrected chi connectivity index (χ4v) is 3.58. The van der Waals surface area contributed by atoms with E-state index in [1.165, 1.54) is 12.1 Å². The average molecular weight is 348 g/mol. The van der Waals surface area contributed by atoms with E-state index >= 15 is 0 Å². The monoisotopic (exact) mass is 348 g/mol. The molecule has 0 bridgehead atoms. The molecule has 0 aromatic heterocycles. The molecule has 130 valence electrons. The molecule has 0 amide bonds. The lowest BCUT2D eigenvalue weighted by atomic mass is 9.76. The van der Waals surface area contributed by atoms with Crippen LogP contribution in [0.1, 0.15) is 27.0 Å². The summed E-state index contributed by atoms with van der Waals surface area (Å²) in [6.45, 7) is 0. The molecule has 4 rings (SSSR count). The van der Waals surface area contributed by atoms with Crippen LogP contribution >= 0.6 is 0 Å². The second kappa shape index (κ2) is 5.89. The highest BCUT2D eigenvalue weighted by atomic mass is 16.5. The zero-order valence-electron chi connectivity index (χ0n) is 14.0. The Morgan fingerprint density at radius 1 is 0.885 bits per heavy atom. The molecule has 0 aliphatic carbocycles. The van der Waals surface area contributed by atoms with Crippen molar-refractivity contribution in [2.75, 3.05) is 7.11 Å². The van der Waals surface area contributed by atoms with Gasteiger partial charge in [0.2, 0.25) is 0 Å². The van der Waals surface area contributed by atoms with Gasteiger partial charge in [0, 0.05) is 41.5 Å². The number of hydrogen-bond acceptors (Lipinski definition) is 5. The molecule has 0 atom stereocenters. The SMILES string of the molecule is COC1(c2ccccc2C=O)c2ccc(O)cc2Oc2cc(O)ccc21. The lowest BCUT2D eigenvalue weighted by Gasteiger charge is -2.40. The van der Waals surface area contributed by atoms with Crippen LogP contribution in [-0.2, 0) is 10.3 Å². The Hall–Kier alpha value is -3.31. The van der Waals surface area contributed by atoms with Crippen LogP contribution in [0, 0.1) is 0 Å². The van der Waals surface area contributed by atoms with Crippen LogP contribution < -0.4 is 4.74 Å². The van der Waals surface area contributed by atoms with Crippen LogP contribution in [-0.4, -0.2) is 23.6 Å². The van der Waals surface area contributed by atoms with E-state index in [1.54, 1.807) is 43.5 Å². The minimum absolute atomic E-state index is 0.0426. The number of ether oxygens (including phenoxy) is 2. The maximum absolute atomic E-state index is 11.7. The predicted molar refractivity (Wildman–Crippen MR) is 95.0 cm³/mol. The number of fused-ring (bicyclic) bond motifs is 2. The molecular weight excluding hydrogens is 332 g/mol. The van der Waals surface area contributed by atoms with Crippen molar-refractivity contribution in [3.8, 4) is 23.0 Å². The summed E-state index contributed by atoms with van der Waals surface area (Å²) >= 11 is 0. The van der Waals surface area contributed by atoms with E-state index in [0.29, 0.717) is 33.8 Å². The van der Waals surface area contributed by atoms with Crippen molar-refractivity contribution in [3.63, 3.8) is 0 Å². The molecule has 1 heterocycles.